The molecule has 0 aliphatic heterocycles. The van der Waals surface area contributed by atoms with E-state index in [1.165, 1.54) is 22.9 Å². The Morgan fingerprint density at radius 2 is 2.31 bits per heavy atom. The van der Waals surface area contributed by atoms with Crippen LogP contribution in [0.4, 0.5) is 0 Å². The minimum absolute atomic E-state index is 0.0927. The summed E-state index contributed by atoms with van der Waals surface area (Å²) in [4.78, 5) is 22.3. The van der Waals surface area contributed by atoms with Crippen LogP contribution in [0.1, 0.15) is 36.2 Å². The zero-order valence-corrected chi connectivity index (χ0v) is 9.01. The quantitative estimate of drug-likeness (QED) is 0.781. The molecule has 1 aromatic rings. The first-order valence-electron chi connectivity index (χ1n) is 4.99. The molecular weight excluding hydrogens is 206 g/mol. The van der Waals surface area contributed by atoms with Crippen LogP contribution < -0.4 is 5.56 Å². The van der Waals surface area contributed by atoms with Crippen LogP contribution in [-0.2, 0) is 0 Å². The number of aromatic carboxylic acids is 1. The van der Waals surface area contributed by atoms with Gasteiger partial charge in [-0.05, 0) is 12.5 Å². The van der Waals surface area contributed by atoms with Gasteiger partial charge in [0.1, 0.15) is 0 Å². The standard InChI is InChI=1S/C12H13NO3/c1-3-5-10(4-2)13-8-9(12(15)16)6-7-11(13)14/h1,6-8,10H,4-5H2,2H3,(H,15,16). The first-order valence-corrected chi connectivity index (χ1v) is 4.99. The van der Waals surface area contributed by atoms with Gasteiger partial charge >= 0.3 is 5.97 Å². The van der Waals surface area contributed by atoms with Crippen molar-refractivity contribution in [2.45, 2.75) is 25.8 Å². The van der Waals surface area contributed by atoms with Crippen LogP contribution in [0, 0.1) is 12.3 Å². The van der Waals surface area contributed by atoms with Gasteiger partial charge < -0.3 is 9.67 Å². The second kappa shape index (κ2) is 5.17. The van der Waals surface area contributed by atoms with Gasteiger partial charge in [0.05, 0.1) is 5.56 Å². The lowest BCUT2D eigenvalue weighted by atomic mass is 10.1. The summed E-state index contributed by atoms with van der Waals surface area (Å²) in [6.07, 6.45) is 7.66. The second-order valence-electron chi connectivity index (χ2n) is 3.44. The number of hydrogen-bond acceptors (Lipinski definition) is 2. The minimum Gasteiger partial charge on any atom is -0.478 e. The van der Waals surface area contributed by atoms with Gasteiger partial charge in [0.2, 0.25) is 0 Å². The van der Waals surface area contributed by atoms with Crippen molar-refractivity contribution in [1.29, 1.82) is 0 Å². The van der Waals surface area contributed by atoms with Crippen molar-refractivity contribution in [3.05, 3.63) is 34.2 Å². The third kappa shape index (κ3) is 2.51. The molecule has 1 unspecified atom stereocenters. The zero-order valence-electron chi connectivity index (χ0n) is 9.01. The minimum atomic E-state index is -1.05. The molecule has 0 radical (unpaired) electrons. The summed E-state index contributed by atoms with van der Waals surface area (Å²) in [6.45, 7) is 1.90. The van der Waals surface area contributed by atoms with E-state index in [0.29, 0.717) is 12.8 Å². The Balaban J connectivity index is 3.21. The highest BCUT2D eigenvalue weighted by atomic mass is 16.4. The summed E-state index contributed by atoms with van der Waals surface area (Å²) in [5.41, 5.74) is -0.137. The topological polar surface area (TPSA) is 59.3 Å². The maximum Gasteiger partial charge on any atom is 0.337 e. The fourth-order valence-corrected chi connectivity index (χ4v) is 1.49. The Hall–Kier alpha value is -2.02. The van der Waals surface area contributed by atoms with Crippen molar-refractivity contribution >= 4 is 5.97 Å². The Kier molecular flexibility index (Phi) is 3.90. The van der Waals surface area contributed by atoms with E-state index in [2.05, 4.69) is 5.92 Å². The third-order valence-electron chi connectivity index (χ3n) is 2.40. The predicted molar refractivity (Wildman–Crippen MR) is 60.4 cm³/mol. The molecule has 0 fully saturated rings. The molecule has 4 heteroatoms. The van der Waals surface area contributed by atoms with Gasteiger partial charge in [-0.2, -0.15) is 0 Å². The SMILES string of the molecule is C#CCC(CC)n1cc(C(=O)O)ccc1=O. The molecule has 1 heterocycles. The average molecular weight is 219 g/mol. The first kappa shape index (κ1) is 12.1. The van der Waals surface area contributed by atoms with E-state index in [1.807, 2.05) is 6.92 Å². The molecule has 0 amide bonds. The van der Waals surface area contributed by atoms with Crippen LogP contribution in [0.3, 0.4) is 0 Å². The van der Waals surface area contributed by atoms with Crippen molar-refractivity contribution in [2.24, 2.45) is 0 Å². The van der Waals surface area contributed by atoms with Crippen LogP contribution in [0.2, 0.25) is 0 Å². The molecule has 0 aliphatic carbocycles. The Morgan fingerprint density at radius 3 is 2.81 bits per heavy atom. The van der Waals surface area contributed by atoms with Crippen LogP contribution in [0.15, 0.2) is 23.1 Å². The molecule has 1 aromatic heterocycles. The summed E-state index contributed by atoms with van der Waals surface area (Å²) in [6, 6.07) is 2.41. The monoisotopic (exact) mass is 219 g/mol. The summed E-state index contributed by atoms with van der Waals surface area (Å²) in [7, 11) is 0. The van der Waals surface area contributed by atoms with Crippen LogP contribution in [0.25, 0.3) is 0 Å². The molecule has 4 nitrogen and oxygen atoms in total. The van der Waals surface area contributed by atoms with Crippen LogP contribution >= 0.6 is 0 Å². The number of carboxylic acid groups (broad SMARTS) is 1. The summed E-state index contributed by atoms with van der Waals surface area (Å²) in [5, 5.41) is 8.83. The van der Waals surface area contributed by atoms with Crippen molar-refractivity contribution < 1.29 is 9.90 Å². The maximum atomic E-state index is 11.6. The number of carbonyl (C=O) groups is 1. The van der Waals surface area contributed by atoms with E-state index in [-0.39, 0.29) is 17.2 Å². The van der Waals surface area contributed by atoms with Gasteiger partial charge in [0.25, 0.3) is 5.56 Å². The zero-order chi connectivity index (χ0) is 12.1. The molecule has 1 N–H and O–H groups in total. The molecular formula is C12H13NO3. The van der Waals surface area contributed by atoms with Crippen molar-refractivity contribution in [3.8, 4) is 12.3 Å². The molecule has 0 aromatic carbocycles. The highest BCUT2D eigenvalue weighted by Gasteiger charge is 2.11. The lowest BCUT2D eigenvalue weighted by Crippen LogP contribution is -2.24. The van der Waals surface area contributed by atoms with Crippen LogP contribution in [0.5, 0.6) is 0 Å². The highest BCUT2D eigenvalue weighted by molar-refractivity contribution is 5.87. The number of nitrogens with zero attached hydrogens (tertiary/aromatic N) is 1. The Labute approximate surface area is 93.5 Å². The van der Waals surface area contributed by atoms with Gasteiger partial charge in [0.15, 0.2) is 0 Å². The normalized spacial score (nSPS) is 11.8. The number of aromatic nitrogens is 1. The first-order chi connectivity index (χ1) is 7.60. The highest BCUT2D eigenvalue weighted by Crippen LogP contribution is 2.13. The fourth-order valence-electron chi connectivity index (χ4n) is 1.49. The van der Waals surface area contributed by atoms with E-state index in [0.717, 1.165) is 0 Å². The Bertz CT molecular complexity index is 482. The summed E-state index contributed by atoms with van der Waals surface area (Å²) >= 11 is 0. The fraction of sp³-hybridized carbons (Fsp3) is 0.333. The smallest absolute Gasteiger partial charge is 0.337 e. The van der Waals surface area contributed by atoms with Gasteiger partial charge in [0, 0.05) is 24.7 Å². The van der Waals surface area contributed by atoms with Gasteiger partial charge in [-0.25, -0.2) is 4.79 Å². The van der Waals surface area contributed by atoms with E-state index in [4.69, 9.17) is 11.5 Å². The maximum absolute atomic E-state index is 11.6. The van der Waals surface area contributed by atoms with E-state index in [1.54, 1.807) is 0 Å². The number of rotatable bonds is 4. The molecule has 1 atom stereocenters. The number of terminal acetylenes is 1. The largest absolute Gasteiger partial charge is 0.478 e. The van der Waals surface area contributed by atoms with E-state index in [9.17, 15) is 9.59 Å². The van der Waals surface area contributed by atoms with Crippen LogP contribution in [-0.4, -0.2) is 15.6 Å². The molecule has 0 aliphatic rings. The van der Waals surface area contributed by atoms with E-state index < -0.39 is 5.97 Å². The summed E-state index contributed by atoms with van der Waals surface area (Å²) in [5.74, 6) is 1.43. The number of hydrogen-bond donors (Lipinski definition) is 1. The molecule has 0 saturated carbocycles. The predicted octanol–water partition coefficient (Wildman–Crippen LogP) is 1.52. The molecule has 1 rings (SSSR count). The number of carboxylic acids is 1. The number of pyridine rings is 1. The summed E-state index contributed by atoms with van der Waals surface area (Å²) < 4.78 is 1.39. The van der Waals surface area contributed by atoms with Crippen molar-refractivity contribution in [1.82, 2.24) is 4.57 Å². The van der Waals surface area contributed by atoms with Crippen molar-refractivity contribution in [3.63, 3.8) is 0 Å². The second-order valence-corrected chi connectivity index (χ2v) is 3.44. The molecule has 0 saturated heterocycles. The average Bonchev–Trinajstić information content (AvgIpc) is 2.26. The Morgan fingerprint density at radius 1 is 1.62 bits per heavy atom. The third-order valence-corrected chi connectivity index (χ3v) is 2.40. The lowest BCUT2D eigenvalue weighted by molar-refractivity contribution is 0.0695. The lowest BCUT2D eigenvalue weighted by Gasteiger charge is -2.15. The van der Waals surface area contributed by atoms with E-state index >= 15 is 0 Å². The van der Waals surface area contributed by atoms with Gasteiger partial charge in [-0.1, -0.05) is 6.92 Å². The molecule has 0 bridgehead atoms. The molecule has 84 valence electrons. The van der Waals surface area contributed by atoms with Gasteiger partial charge in [-0.15, -0.1) is 12.3 Å². The van der Waals surface area contributed by atoms with Gasteiger partial charge in [-0.3, -0.25) is 4.79 Å². The van der Waals surface area contributed by atoms with Crippen molar-refractivity contribution in [2.75, 3.05) is 0 Å². The molecule has 0 spiro atoms. The molecule has 16 heavy (non-hydrogen) atoms.